The lowest BCUT2D eigenvalue weighted by Gasteiger charge is -2.24. The lowest BCUT2D eigenvalue weighted by Crippen LogP contribution is -2.23. The van der Waals surface area contributed by atoms with Crippen LogP contribution in [0.1, 0.15) is 23.6 Å². The fourth-order valence-electron chi connectivity index (χ4n) is 2.31. The van der Waals surface area contributed by atoms with E-state index >= 15 is 0 Å². The van der Waals surface area contributed by atoms with E-state index in [1.807, 2.05) is 25.1 Å². The van der Waals surface area contributed by atoms with Gasteiger partial charge < -0.3 is 10.6 Å². The summed E-state index contributed by atoms with van der Waals surface area (Å²) in [5.41, 5.74) is 8.73. The first kappa shape index (κ1) is 15.4. The maximum atomic E-state index is 14.4. The zero-order chi connectivity index (χ0) is 15.4. The molecule has 0 atom stereocenters. The summed E-state index contributed by atoms with van der Waals surface area (Å²) in [5.74, 6) is -0.323. The highest BCUT2D eigenvalue weighted by atomic mass is 32.1. The van der Waals surface area contributed by atoms with Gasteiger partial charge in [0.05, 0.1) is 0 Å². The van der Waals surface area contributed by atoms with Crippen LogP contribution < -0.4 is 10.6 Å². The van der Waals surface area contributed by atoms with Crippen molar-refractivity contribution in [2.45, 2.75) is 20.4 Å². The zero-order valence-electron chi connectivity index (χ0n) is 12.3. The molecule has 0 bridgehead atoms. The molecule has 4 heteroatoms. The Balaban J connectivity index is 2.31. The highest BCUT2D eigenvalue weighted by Crippen LogP contribution is 2.21. The van der Waals surface area contributed by atoms with Crippen molar-refractivity contribution >= 4 is 22.9 Å². The molecule has 0 unspecified atom stereocenters. The van der Waals surface area contributed by atoms with Gasteiger partial charge in [-0.25, -0.2) is 4.39 Å². The number of nitrogens with zero attached hydrogens (tertiary/aromatic N) is 1. The Bertz CT molecular complexity index is 655. The van der Waals surface area contributed by atoms with Crippen LogP contribution in [0.2, 0.25) is 0 Å². The molecule has 0 spiro atoms. The number of halogens is 1. The standard InChI is InChI=1S/C17H19FN2S/c1-3-20(14-8-4-6-12(2)10-14)11-13-7-5-9-15(16(13)18)17(19)21/h4-10H,3,11H2,1-2H3,(H2,19,21). The van der Waals surface area contributed by atoms with Crippen molar-refractivity contribution in [2.75, 3.05) is 11.4 Å². The molecular weight excluding hydrogens is 283 g/mol. The molecule has 0 radical (unpaired) electrons. The molecule has 0 amide bonds. The van der Waals surface area contributed by atoms with Crippen LogP contribution in [0.25, 0.3) is 0 Å². The minimum Gasteiger partial charge on any atom is -0.389 e. The van der Waals surface area contributed by atoms with E-state index in [1.54, 1.807) is 18.2 Å². The molecule has 110 valence electrons. The van der Waals surface area contributed by atoms with Crippen molar-refractivity contribution in [3.63, 3.8) is 0 Å². The Hall–Kier alpha value is -1.94. The third-order valence-electron chi connectivity index (χ3n) is 3.45. The van der Waals surface area contributed by atoms with Gasteiger partial charge in [0.1, 0.15) is 10.8 Å². The van der Waals surface area contributed by atoms with Crippen molar-refractivity contribution in [3.05, 3.63) is 65.0 Å². The normalized spacial score (nSPS) is 10.4. The Morgan fingerprint density at radius 2 is 1.95 bits per heavy atom. The third-order valence-corrected chi connectivity index (χ3v) is 3.67. The van der Waals surface area contributed by atoms with Crippen LogP contribution in [0.5, 0.6) is 0 Å². The number of rotatable bonds is 5. The number of hydrogen-bond acceptors (Lipinski definition) is 2. The second kappa shape index (κ2) is 6.68. The van der Waals surface area contributed by atoms with Gasteiger partial charge in [0.2, 0.25) is 0 Å². The molecule has 0 aromatic heterocycles. The summed E-state index contributed by atoms with van der Waals surface area (Å²) in [6.45, 7) is 5.38. The second-order valence-electron chi connectivity index (χ2n) is 5.00. The number of nitrogens with two attached hydrogens (primary N) is 1. The first-order valence-corrected chi connectivity index (χ1v) is 7.32. The van der Waals surface area contributed by atoms with Gasteiger partial charge in [-0.2, -0.15) is 0 Å². The molecule has 2 aromatic carbocycles. The Morgan fingerprint density at radius 1 is 1.24 bits per heavy atom. The molecule has 2 aromatic rings. The minimum absolute atomic E-state index is 0.0907. The van der Waals surface area contributed by atoms with E-state index in [0.29, 0.717) is 17.7 Å². The predicted octanol–water partition coefficient (Wildman–Crippen LogP) is 3.79. The monoisotopic (exact) mass is 302 g/mol. The predicted molar refractivity (Wildman–Crippen MR) is 90.2 cm³/mol. The molecule has 2 N–H and O–H groups in total. The third kappa shape index (κ3) is 3.58. The summed E-state index contributed by atoms with van der Waals surface area (Å²) in [5, 5.41) is 0. The first-order valence-electron chi connectivity index (χ1n) is 6.91. The number of anilines is 1. The summed E-state index contributed by atoms with van der Waals surface area (Å²) in [6.07, 6.45) is 0. The first-order chi connectivity index (χ1) is 10.0. The van der Waals surface area contributed by atoms with E-state index in [0.717, 1.165) is 12.2 Å². The smallest absolute Gasteiger partial charge is 0.138 e. The topological polar surface area (TPSA) is 29.3 Å². The van der Waals surface area contributed by atoms with E-state index in [9.17, 15) is 4.39 Å². The molecule has 0 aliphatic rings. The van der Waals surface area contributed by atoms with Gasteiger partial charge >= 0.3 is 0 Å². The largest absolute Gasteiger partial charge is 0.389 e. The van der Waals surface area contributed by atoms with Crippen LogP contribution in [-0.4, -0.2) is 11.5 Å². The number of hydrogen-bond donors (Lipinski definition) is 1. The summed E-state index contributed by atoms with van der Waals surface area (Å²) < 4.78 is 14.4. The fraction of sp³-hybridized carbons (Fsp3) is 0.235. The van der Waals surface area contributed by atoms with Gasteiger partial charge in [-0.05, 0) is 37.6 Å². The van der Waals surface area contributed by atoms with Crippen molar-refractivity contribution in [1.82, 2.24) is 0 Å². The van der Waals surface area contributed by atoms with E-state index in [1.165, 1.54) is 5.56 Å². The maximum absolute atomic E-state index is 14.4. The van der Waals surface area contributed by atoms with Crippen LogP contribution in [0.4, 0.5) is 10.1 Å². The summed E-state index contributed by atoms with van der Waals surface area (Å²) in [6, 6.07) is 13.4. The number of thiocarbonyl (C=S) groups is 1. The number of benzene rings is 2. The van der Waals surface area contributed by atoms with Crippen LogP contribution in [0.15, 0.2) is 42.5 Å². The van der Waals surface area contributed by atoms with Crippen molar-refractivity contribution in [1.29, 1.82) is 0 Å². The lowest BCUT2D eigenvalue weighted by molar-refractivity contribution is 0.603. The Kier molecular flexibility index (Phi) is 4.91. The molecule has 2 nitrogen and oxygen atoms in total. The van der Waals surface area contributed by atoms with E-state index in [2.05, 4.69) is 17.9 Å². The average Bonchev–Trinajstić information content (AvgIpc) is 2.46. The highest BCUT2D eigenvalue weighted by molar-refractivity contribution is 7.80. The number of aryl methyl sites for hydroxylation is 1. The van der Waals surface area contributed by atoms with Crippen molar-refractivity contribution < 1.29 is 4.39 Å². The van der Waals surface area contributed by atoms with Gasteiger partial charge in [0.25, 0.3) is 0 Å². The van der Waals surface area contributed by atoms with E-state index in [-0.39, 0.29) is 10.8 Å². The highest BCUT2D eigenvalue weighted by Gasteiger charge is 2.13. The summed E-state index contributed by atoms with van der Waals surface area (Å²) in [4.78, 5) is 2.21. The summed E-state index contributed by atoms with van der Waals surface area (Å²) in [7, 11) is 0. The Morgan fingerprint density at radius 3 is 2.57 bits per heavy atom. The molecular formula is C17H19FN2S. The Labute approximate surface area is 130 Å². The lowest BCUT2D eigenvalue weighted by atomic mass is 10.1. The van der Waals surface area contributed by atoms with Crippen molar-refractivity contribution in [3.8, 4) is 0 Å². The van der Waals surface area contributed by atoms with E-state index < -0.39 is 0 Å². The second-order valence-corrected chi connectivity index (χ2v) is 5.44. The van der Waals surface area contributed by atoms with E-state index in [4.69, 9.17) is 18.0 Å². The van der Waals surface area contributed by atoms with Crippen LogP contribution in [0, 0.1) is 12.7 Å². The van der Waals surface area contributed by atoms with Crippen molar-refractivity contribution in [2.24, 2.45) is 5.73 Å². The fourth-order valence-corrected chi connectivity index (χ4v) is 2.47. The molecule has 0 saturated carbocycles. The van der Waals surface area contributed by atoms with Gasteiger partial charge in [-0.1, -0.05) is 36.5 Å². The molecule has 0 aliphatic heterocycles. The maximum Gasteiger partial charge on any atom is 0.138 e. The zero-order valence-corrected chi connectivity index (χ0v) is 13.1. The molecule has 0 fully saturated rings. The van der Waals surface area contributed by atoms with Crippen LogP contribution in [0.3, 0.4) is 0 Å². The van der Waals surface area contributed by atoms with Gasteiger partial charge in [-0.15, -0.1) is 0 Å². The molecule has 21 heavy (non-hydrogen) atoms. The quantitative estimate of drug-likeness (QED) is 0.852. The average molecular weight is 302 g/mol. The van der Waals surface area contributed by atoms with Crippen LogP contribution >= 0.6 is 12.2 Å². The summed E-state index contributed by atoms with van der Waals surface area (Å²) >= 11 is 4.89. The molecule has 0 saturated heterocycles. The molecule has 0 heterocycles. The van der Waals surface area contributed by atoms with Gasteiger partial charge in [0, 0.05) is 29.9 Å². The SMILES string of the molecule is CCN(Cc1cccc(C(N)=S)c1F)c1cccc(C)c1. The van der Waals surface area contributed by atoms with Gasteiger partial charge in [0.15, 0.2) is 0 Å². The molecule has 2 rings (SSSR count). The van der Waals surface area contributed by atoms with Gasteiger partial charge in [-0.3, -0.25) is 0 Å². The van der Waals surface area contributed by atoms with Crippen LogP contribution in [-0.2, 0) is 6.54 Å². The minimum atomic E-state index is -0.323. The molecule has 0 aliphatic carbocycles.